The topological polar surface area (TPSA) is 64.2 Å². The summed E-state index contributed by atoms with van der Waals surface area (Å²) in [6.45, 7) is 4.01. The minimum Gasteiger partial charge on any atom is -0.385 e. The number of hydrogen-bond acceptors (Lipinski definition) is 3. The molecule has 0 aliphatic rings. The minimum absolute atomic E-state index is 0.252. The van der Waals surface area contributed by atoms with Crippen LogP contribution in [0.2, 0.25) is 0 Å². The first-order chi connectivity index (χ1) is 7.07. The molecule has 80 valence electrons. The summed E-state index contributed by atoms with van der Waals surface area (Å²) in [5, 5.41) is 27.6. The highest BCUT2D eigenvalue weighted by molar-refractivity contribution is 5.32. The molecule has 3 nitrogen and oxygen atoms in total. The summed E-state index contributed by atoms with van der Waals surface area (Å²) in [5.74, 6) is 0.252. The molecule has 2 unspecified atom stereocenters. The van der Waals surface area contributed by atoms with Crippen LogP contribution in [0.25, 0.3) is 0 Å². The van der Waals surface area contributed by atoms with Crippen LogP contribution in [0.4, 0.5) is 0 Å². The molecule has 0 radical (unpaired) electrons. The zero-order valence-electron chi connectivity index (χ0n) is 8.88. The van der Waals surface area contributed by atoms with E-state index in [2.05, 4.69) is 0 Å². The molecular formula is C12H15NO2. The molecule has 1 rings (SSSR count). The Morgan fingerprint density at radius 2 is 1.67 bits per heavy atom. The molecule has 0 saturated heterocycles. The summed E-state index contributed by atoms with van der Waals surface area (Å²) < 4.78 is 0. The van der Waals surface area contributed by atoms with Crippen LogP contribution < -0.4 is 0 Å². The molecule has 0 aromatic heterocycles. The van der Waals surface area contributed by atoms with Crippen molar-refractivity contribution in [2.24, 2.45) is 0 Å². The maximum atomic E-state index is 9.75. The quantitative estimate of drug-likeness (QED) is 0.738. The van der Waals surface area contributed by atoms with Gasteiger partial charge < -0.3 is 10.2 Å². The first-order valence-electron chi connectivity index (χ1n) is 4.92. The van der Waals surface area contributed by atoms with Crippen molar-refractivity contribution < 1.29 is 10.2 Å². The van der Waals surface area contributed by atoms with Gasteiger partial charge in [0.15, 0.2) is 6.10 Å². The Balaban J connectivity index is 3.09. The molecule has 1 aromatic carbocycles. The number of nitrogens with zero attached hydrogens (tertiary/aromatic N) is 1. The summed E-state index contributed by atoms with van der Waals surface area (Å²) in [6, 6.07) is 8.93. The molecule has 2 atom stereocenters. The van der Waals surface area contributed by atoms with Crippen LogP contribution in [0.1, 0.15) is 37.0 Å². The van der Waals surface area contributed by atoms with Crippen molar-refractivity contribution in [3.63, 3.8) is 0 Å². The number of aliphatic hydroxyl groups excluding tert-OH is 2. The van der Waals surface area contributed by atoms with E-state index in [1.165, 1.54) is 0 Å². The molecule has 0 spiro atoms. The third-order valence-electron chi connectivity index (χ3n) is 2.37. The van der Waals surface area contributed by atoms with Gasteiger partial charge in [0.25, 0.3) is 0 Å². The molecule has 0 fully saturated rings. The van der Waals surface area contributed by atoms with Crippen molar-refractivity contribution in [1.29, 1.82) is 5.26 Å². The largest absolute Gasteiger partial charge is 0.385 e. The van der Waals surface area contributed by atoms with Gasteiger partial charge in [0, 0.05) is 0 Å². The van der Waals surface area contributed by atoms with Crippen molar-refractivity contribution in [3.05, 3.63) is 35.4 Å². The average Bonchev–Trinajstić information content (AvgIpc) is 2.27. The van der Waals surface area contributed by atoms with Crippen molar-refractivity contribution in [2.45, 2.75) is 32.0 Å². The van der Waals surface area contributed by atoms with Gasteiger partial charge in [0.2, 0.25) is 0 Å². The van der Waals surface area contributed by atoms with Crippen LogP contribution in [0, 0.1) is 11.3 Å². The Labute approximate surface area is 89.6 Å². The lowest BCUT2D eigenvalue weighted by molar-refractivity contribution is 0.0520. The summed E-state index contributed by atoms with van der Waals surface area (Å²) in [6.07, 6.45) is -2.50. The van der Waals surface area contributed by atoms with Gasteiger partial charge in [-0.2, -0.15) is 5.26 Å². The zero-order valence-corrected chi connectivity index (χ0v) is 8.88. The smallest absolute Gasteiger partial charge is 0.170 e. The van der Waals surface area contributed by atoms with Crippen LogP contribution >= 0.6 is 0 Å². The van der Waals surface area contributed by atoms with E-state index >= 15 is 0 Å². The van der Waals surface area contributed by atoms with E-state index in [4.69, 9.17) is 5.26 Å². The highest BCUT2D eigenvalue weighted by atomic mass is 16.3. The van der Waals surface area contributed by atoms with Crippen molar-refractivity contribution in [3.8, 4) is 6.07 Å². The third kappa shape index (κ3) is 2.56. The lowest BCUT2D eigenvalue weighted by Crippen LogP contribution is -2.17. The molecule has 15 heavy (non-hydrogen) atoms. The monoisotopic (exact) mass is 205 g/mol. The summed E-state index contributed by atoms with van der Waals surface area (Å²) in [5.41, 5.74) is 1.58. The van der Waals surface area contributed by atoms with E-state index in [1.807, 2.05) is 26.0 Å². The van der Waals surface area contributed by atoms with E-state index < -0.39 is 12.2 Å². The van der Waals surface area contributed by atoms with E-state index in [-0.39, 0.29) is 5.92 Å². The molecular weight excluding hydrogens is 190 g/mol. The number of rotatable bonds is 3. The van der Waals surface area contributed by atoms with Crippen LogP contribution in [-0.2, 0) is 0 Å². The SMILES string of the molecule is CC(C)c1ccccc1C(O)C(O)C#N. The molecule has 0 aliphatic heterocycles. The van der Waals surface area contributed by atoms with Gasteiger partial charge in [-0.15, -0.1) is 0 Å². The third-order valence-corrected chi connectivity index (χ3v) is 2.37. The standard InChI is InChI=1S/C12H15NO2/c1-8(2)9-5-3-4-6-10(9)12(15)11(14)7-13/h3-6,8,11-12,14-15H,1-2H3. The molecule has 0 saturated carbocycles. The molecule has 0 bridgehead atoms. The first kappa shape index (κ1) is 11.7. The normalized spacial score (nSPS) is 14.7. The van der Waals surface area contributed by atoms with Gasteiger partial charge >= 0.3 is 0 Å². The fourth-order valence-electron chi connectivity index (χ4n) is 1.55. The maximum Gasteiger partial charge on any atom is 0.170 e. The van der Waals surface area contributed by atoms with Crippen LogP contribution in [0.5, 0.6) is 0 Å². The van der Waals surface area contributed by atoms with Crippen LogP contribution in [0.15, 0.2) is 24.3 Å². The Morgan fingerprint density at radius 3 is 2.13 bits per heavy atom. The summed E-state index contributed by atoms with van der Waals surface area (Å²) >= 11 is 0. The molecule has 2 N–H and O–H groups in total. The van der Waals surface area contributed by atoms with E-state index in [0.29, 0.717) is 5.56 Å². The fourth-order valence-corrected chi connectivity index (χ4v) is 1.55. The highest BCUT2D eigenvalue weighted by Gasteiger charge is 2.20. The second-order valence-corrected chi connectivity index (χ2v) is 3.80. The minimum atomic E-state index is -1.37. The van der Waals surface area contributed by atoms with Crippen molar-refractivity contribution >= 4 is 0 Å². The first-order valence-corrected chi connectivity index (χ1v) is 4.92. The Hall–Kier alpha value is -1.37. The molecule has 3 heteroatoms. The number of hydrogen-bond donors (Lipinski definition) is 2. The zero-order chi connectivity index (χ0) is 11.4. The second-order valence-electron chi connectivity index (χ2n) is 3.80. The number of aliphatic hydroxyl groups is 2. The maximum absolute atomic E-state index is 9.75. The van der Waals surface area contributed by atoms with Gasteiger partial charge in [-0.3, -0.25) is 0 Å². The van der Waals surface area contributed by atoms with E-state index in [0.717, 1.165) is 5.56 Å². The predicted molar refractivity (Wildman–Crippen MR) is 57.1 cm³/mol. The molecule has 1 aromatic rings. The highest BCUT2D eigenvalue weighted by Crippen LogP contribution is 2.26. The van der Waals surface area contributed by atoms with Crippen molar-refractivity contribution in [1.82, 2.24) is 0 Å². The predicted octanol–water partition coefficient (Wildman–Crippen LogP) is 1.73. The van der Waals surface area contributed by atoms with Gasteiger partial charge in [-0.1, -0.05) is 38.1 Å². The van der Waals surface area contributed by atoms with Gasteiger partial charge in [0.05, 0.1) is 6.07 Å². The Morgan fingerprint density at radius 1 is 1.13 bits per heavy atom. The lowest BCUT2D eigenvalue weighted by Gasteiger charge is -2.18. The van der Waals surface area contributed by atoms with Crippen LogP contribution in [0.3, 0.4) is 0 Å². The van der Waals surface area contributed by atoms with Gasteiger partial charge in [-0.25, -0.2) is 0 Å². The average molecular weight is 205 g/mol. The van der Waals surface area contributed by atoms with Gasteiger partial charge in [-0.05, 0) is 17.0 Å². The number of benzene rings is 1. The Kier molecular flexibility index (Phi) is 3.84. The lowest BCUT2D eigenvalue weighted by atomic mass is 9.92. The van der Waals surface area contributed by atoms with Gasteiger partial charge in [0.1, 0.15) is 6.10 Å². The molecule has 0 amide bonds. The van der Waals surface area contributed by atoms with E-state index in [9.17, 15) is 10.2 Å². The summed E-state index contributed by atoms with van der Waals surface area (Å²) in [7, 11) is 0. The second kappa shape index (κ2) is 4.92. The number of nitriles is 1. The molecule has 0 aliphatic carbocycles. The Bertz CT molecular complexity index is 368. The summed E-state index contributed by atoms with van der Waals surface area (Å²) in [4.78, 5) is 0. The van der Waals surface area contributed by atoms with E-state index in [1.54, 1.807) is 18.2 Å². The van der Waals surface area contributed by atoms with Crippen molar-refractivity contribution in [2.75, 3.05) is 0 Å². The molecule has 0 heterocycles. The fraction of sp³-hybridized carbons (Fsp3) is 0.417. The van der Waals surface area contributed by atoms with Crippen LogP contribution in [-0.4, -0.2) is 16.3 Å².